The van der Waals surface area contributed by atoms with Crippen molar-refractivity contribution in [2.45, 2.75) is 45.1 Å². The maximum atomic E-state index is 13.7. The number of pyridine rings is 1. The molecule has 3 aromatic heterocycles. The van der Waals surface area contributed by atoms with Crippen LogP contribution in [0.15, 0.2) is 47.3 Å². The number of fused-ring (bicyclic) bond motifs is 3. The number of aromatic nitrogens is 4. The molecular weight excluding hydrogens is 567 g/mol. The van der Waals surface area contributed by atoms with Gasteiger partial charge in [0.15, 0.2) is 0 Å². The minimum Gasteiger partial charge on any atom is -0.383 e. The quantitative estimate of drug-likeness (QED) is 0.336. The largest absolute Gasteiger partial charge is 0.416 e. The van der Waals surface area contributed by atoms with E-state index >= 15 is 0 Å². The van der Waals surface area contributed by atoms with Gasteiger partial charge < -0.3 is 20.5 Å². The summed E-state index contributed by atoms with van der Waals surface area (Å²) in [5.74, 6) is -0.393. The number of anilines is 2. The van der Waals surface area contributed by atoms with Crippen LogP contribution in [0.25, 0.3) is 21.9 Å². The van der Waals surface area contributed by atoms with Crippen molar-refractivity contribution in [3.8, 4) is 0 Å². The Bertz CT molecular complexity index is 1570. The Morgan fingerprint density at radius 3 is 2.66 bits per heavy atom. The Hall–Kier alpha value is -3.74. The van der Waals surface area contributed by atoms with Crippen molar-refractivity contribution in [1.29, 1.82) is 0 Å². The second kappa shape index (κ2) is 9.53. The number of rotatable bonds is 4. The summed E-state index contributed by atoms with van der Waals surface area (Å²) in [6.07, 6.45) is -2.96. The first-order valence-corrected chi connectivity index (χ1v) is 12.6. The number of halogens is 4. The van der Waals surface area contributed by atoms with Gasteiger partial charge in [-0.1, -0.05) is 19.1 Å². The summed E-state index contributed by atoms with van der Waals surface area (Å²) >= 11 is 3.27. The third-order valence-electron chi connectivity index (χ3n) is 7.04. The summed E-state index contributed by atoms with van der Waals surface area (Å²) < 4.78 is 42.6. The molecule has 0 spiro atoms. The number of nitrogens with two attached hydrogens (primary N) is 1. The van der Waals surface area contributed by atoms with Crippen LogP contribution in [0.2, 0.25) is 0 Å². The molecule has 1 saturated heterocycles. The van der Waals surface area contributed by atoms with Gasteiger partial charge in [0.05, 0.1) is 16.5 Å². The average Bonchev–Trinajstić information content (AvgIpc) is 3.33. The summed E-state index contributed by atoms with van der Waals surface area (Å²) in [7, 11) is 0. The molecule has 198 valence electrons. The van der Waals surface area contributed by atoms with Crippen LogP contribution >= 0.6 is 15.9 Å². The van der Waals surface area contributed by atoms with E-state index < -0.39 is 29.6 Å². The van der Waals surface area contributed by atoms with E-state index in [1.165, 1.54) is 21.9 Å². The van der Waals surface area contributed by atoms with Gasteiger partial charge in [0.1, 0.15) is 40.8 Å². The fourth-order valence-corrected chi connectivity index (χ4v) is 5.37. The van der Waals surface area contributed by atoms with E-state index in [0.717, 1.165) is 12.1 Å². The van der Waals surface area contributed by atoms with Crippen LogP contribution in [0.1, 0.15) is 25.8 Å². The van der Waals surface area contributed by atoms with E-state index in [2.05, 4.69) is 36.2 Å². The first kappa shape index (κ1) is 25.9. The highest BCUT2D eigenvalue weighted by Crippen LogP contribution is 2.37. The molecule has 0 aliphatic carbocycles. The number of hydrogen-bond donors (Lipinski definition) is 2. The van der Waals surface area contributed by atoms with Crippen molar-refractivity contribution in [2.75, 3.05) is 11.1 Å². The van der Waals surface area contributed by atoms with Crippen LogP contribution in [-0.4, -0.2) is 48.3 Å². The highest BCUT2D eigenvalue weighted by Gasteiger charge is 2.43. The van der Waals surface area contributed by atoms with Crippen LogP contribution in [0.4, 0.5) is 24.8 Å². The summed E-state index contributed by atoms with van der Waals surface area (Å²) in [5.41, 5.74) is 5.57. The number of benzene rings is 1. The normalized spacial score (nSPS) is 19.8. The topological polar surface area (TPSA) is 119 Å². The van der Waals surface area contributed by atoms with Crippen molar-refractivity contribution in [3.05, 3.63) is 52.9 Å². The van der Waals surface area contributed by atoms with E-state index in [1.807, 2.05) is 13.8 Å². The van der Waals surface area contributed by atoms with Crippen molar-refractivity contribution < 1.29 is 22.8 Å². The highest BCUT2D eigenvalue weighted by molar-refractivity contribution is 9.10. The molecule has 1 aromatic carbocycles. The molecule has 13 heteroatoms. The molecule has 38 heavy (non-hydrogen) atoms. The van der Waals surface area contributed by atoms with Gasteiger partial charge in [0.25, 0.3) is 0 Å². The summed E-state index contributed by atoms with van der Waals surface area (Å²) in [6, 6.07) is 7.25. The lowest BCUT2D eigenvalue weighted by molar-refractivity contribution is -0.139. The Morgan fingerprint density at radius 1 is 1.18 bits per heavy atom. The van der Waals surface area contributed by atoms with Gasteiger partial charge in [-0.2, -0.15) is 13.2 Å². The molecule has 0 saturated carbocycles. The fourth-order valence-electron chi connectivity index (χ4n) is 5.03. The van der Waals surface area contributed by atoms with Crippen molar-refractivity contribution >= 4 is 61.3 Å². The minimum atomic E-state index is -4.58. The Morgan fingerprint density at radius 2 is 1.95 bits per heavy atom. The summed E-state index contributed by atoms with van der Waals surface area (Å²) in [4.78, 5) is 40.9. The van der Waals surface area contributed by atoms with E-state index in [9.17, 15) is 22.8 Å². The number of nitrogens with zero attached hydrogens (tertiary/aromatic N) is 5. The number of alkyl halides is 3. The van der Waals surface area contributed by atoms with E-state index in [0.29, 0.717) is 27.6 Å². The highest BCUT2D eigenvalue weighted by atomic mass is 79.9. The summed E-state index contributed by atoms with van der Waals surface area (Å²) in [5, 5.41) is 3.52. The molecule has 0 unspecified atom stereocenters. The number of likely N-dealkylation sites (tertiary alicyclic amines) is 1. The Balaban J connectivity index is 1.53. The molecule has 1 fully saturated rings. The van der Waals surface area contributed by atoms with Crippen molar-refractivity contribution in [1.82, 2.24) is 24.4 Å². The van der Waals surface area contributed by atoms with E-state index in [1.54, 1.807) is 18.2 Å². The average molecular weight is 590 g/mol. The Kier molecular flexibility index (Phi) is 6.49. The predicted octanol–water partition coefficient (Wildman–Crippen LogP) is 4.61. The lowest BCUT2D eigenvalue weighted by Crippen LogP contribution is -2.47. The molecule has 3 atom stereocenters. The molecule has 3 N–H and O–H groups in total. The maximum Gasteiger partial charge on any atom is 0.416 e. The molecule has 4 aromatic rings. The fraction of sp³-hybridized carbons (Fsp3) is 0.320. The van der Waals surface area contributed by atoms with Crippen molar-refractivity contribution in [2.24, 2.45) is 5.92 Å². The van der Waals surface area contributed by atoms with Crippen LogP contribution < -0.4 is 11.1 Å². The number of hydrogen-bond acceptors (Lipinski definition) is 6. The molecule has 2 amide bonds. The van der Waals surface area contributed by atoms with Crippen LogP contribution in [0.3, 0.4) is 0 Å². The molecule has 1 aliphatic rings. The van der Waals surface area contributed by atoms with Gasteiger partial charge in [0, 0.05) is 11.4 Å². The summed E-state index contributed by atoms with van der Waals surface area (Å²) in [6.45, 7) is 3.45. The molecule has 9 nitrogen and oxygen atoms in total. The molecule has 0 radical (unpaired) electrons. The SMILES string of the molecule is C[C@@H]1[C@@H](C)C[C@@H](C(=O)Nc2cccc(Br)n2)N1C(=O)Cn1c2cc(C(F)(F)F)ccc2c2c(N)ncnc21. The number of nitrogen functional groups attached to an aromatic ring is 1. The second-order valence-electron chi connectivity index (χ2n) is 9.38. The Labute approximate surface area is 223 Å². The third kappa shape index (κ3) is 4.55. The molecule has 5 rings (SSSR count). The van der Waals surface area contributed by atoms with Crippen molar-refractivity contribution in [3.63, 3.8) is 0 Å². The minimum absolute atomic E-state index is 0.0121. The van der Waals surface area contributed by atoms with Gasteiger partial charge >= 0.3 is 6.18 Å². The number of amides is 2. The maximum absolute atomic E-state index is 13.7. The molecule has 0 bridgehead atoms. The zero-order valence-corrected chi connectivity index (χ0v) is 21.9. The predicted molar refractivity (Wildman–Crippen MR) is 139 cm³/mol. The van der Waals surface area contributed by atoms with Crippen LogP contribution in [0, 0.1) is 5.92 Å². The smallest absolute Gasteiger partial charge is 0.383 e. The van der Waals surface area contributed by atoms with Gasteiger partial charge in [0.2, 0.25) is 11.8 Å². The van der Waals surface area contributed by atoms with Crippen LogP contribution in [0.5, 0.6) is 0 Å². The lowest BCUT2D eigenvalue weighted by Gasteiger charge is -2.29. The lowest BCUT2D eigenvalue weighted by atomic mass is 10.0. The zero-order chi connectivity index (χ0) is 27.4. The number of carbonyl (C=O) groups is 2. The standard InChI is InChI=1S/C25H23BrF3N7O2/c1-12-8-17(24(38)34-19-5-3-4-18(26)33-19)36(13(12)2)20(37)10-35-16-9-14(25(27,28)29)6-7-15(16)21-22(30)31-11-32-23(21)35/h3-7,9,11-13,17H,8,10H2,1-2H3,(H2,30,31,32)(H,33,34,38)/t12-,13+,17-/m0/s1. The second-order valence-corrected chi connectivity index (χ2v) is 10.2. The number of carbonyl (C=O) groups excluding carboxylic acids is 2. The monoisotopic (exact) mass is 589 g/mol. The zero-order valence-electron chi connectivity index (χ0n) is 20.3. The first-order valence-electron chi connectivity index (χ1n) is 11.8. The van der Waals surface area contributed by atoms with Gasteiger partial charge in [-0.25, -0.2) is 15.0 Å². The van der Waals surface area contributed by atoms with Crippen LogP contribution in [-0.2, 0) is 22.3 Å². The van der Waals surface area contributed by atoms with Gasteiger partial charge in [-0.15, -0.1) is 0 Å². The van der Waals surface area contributed by atoms with Gasteiger partial charge in [-0.05, 0) is 59.5 Å². The molecule has 4 heterocycles. The van der Waals surface area contributed by atoms with Gasteiger partial charge in [-0.3, -0.25) is 9.59 Å². The van der Waals surface area contributed by atoms with E-state index in [-0.39, 0.29) is 35.5 Å². The number of nitrogens with one attached hydrogen (secondary N) is 1. The molecular formula is C25H23BrF3N7O2. The first-order chi connectivity index (χ1) is 18.0. The third-order valence-corrected chi connectivity index (χ3v) is 7.48. The molecule has 1 aliphatic heterocycles. The van der Waals surface area contributed by atoms with E-state index in [4.69, 9.17) is 5.73 Å².